The molecule has 12 aromatic carbocycles. The van der Waals surface area contributed by atoms with E-state index in [0.29, 0.717) is 0 Å². The van der Waals surface area contributed by atoms with Gasteiger partial charge >= 0.3 is 0 Å². The average molecular weight is 1220 g/mol. The standard InChI is InChI=1S/C78H60N9P3/c1-82-67-25-13-7-19-55(67)61-43-49(31-37-73(61)82)88(50-32-38-74-62(44-50)56-20-8-14-26-68(56)83(74)2)79-89(51-33-39-75-63(45-51)57-21-9-15-27-69(57)84(75)3,52-34-40-76-64(46-52)58-22-10-16-28-70(58)85(76)4)81-90(80-88,53-35-41-77-65(47-53)59-23-11-17-29-71(59)86(77)5)54-36-42-78-66(48-54)60-24-12-18-30-72(60)87(78)6/h7-48H,1-6H3. The molecule has 0 radical (unpaired) electrons. The molecule has 0 unspecified atom stereocenters. The molecule has 0 atom stereocenters. The Balaban J connectivity index is 1.10. The predicted molar refractivity (Wildman–Crippen MR) is 388 cm³/mol. The highest BCUT2D eigenvalue weighted by Crippen LogP contribution is 2.77. The highest BCUT2D eigenvalue weighted by atomic mass is 31.3. The molecular formula is C78H60N9P3. The average Bonchev–Trinajstić information content (AvgIpc) is 0.823. The summed E-state index contributed by atoms with van der Waals surface area (Å²) in [5.74, 6) is 0. The third-order valence-electron chi connectivity index (χ3n) is 20.3. The second kappa shape index (κ2) is 18.6. The zero-order chi connectivity index (χ0) is 60.1. The smallest absolute Gasteiger partial charge is 0.138 e. The van der Waals surface area contributed by atoms with Gasteiger partial charge in [-0.15, -0.1) is 0 Å². The van der Waals surface area contributed by atoms with Crippen LogP contribution in [0.4, 0.5) is 0 Å². The summed E-state index contributed by atoms with van der Waals surface area (Å²) in [5, 5.41) is 20.9. The molecule has 1 aliphatic rings. The van der Waals surface area contributed by atoms with Crippen molar-refractivity contribution >= 4 is 184 Å². The Morgan fingerprint density at radius 2 is 0.322 bits per heavy atom. The van der Waals surface area contributed by atoms with Gasteiger partial charge in [-0.1, -0.05) is 109 Å². The van der Waals surface area contributed by atoms with Crippen LogP contribution in [0.5, 0.6) is 0 Å². The van der Waals surface area contributed by atoms with Crippen molar-refractivity contribution in [2.75, 3.05) is 0 Å². The Hall–Kier alpha value is -9.87. The predicted octanol–water partition coefficient (Wildman–Crippen LogP) is 18.2. The minimum atomic E-state index is -3.54. The lowest BCUT2D eigenvalue weighted by Gasteiger charge is -2.38. The van der Waals surface area contributed by atoms with E-state index >= 15 is 0 Å². The molecular weight excluding hydrogens is 1160 g/mol. The van der Waals surface area contributed by atoms with E-state index in [-0.39, 0.29) is 0 Å². The molecule has 432 valence electrons. The van der Waals surface area contributed by atoms with Crippen molar-refractivity contribution in [2.45, 2.75) is 0 Å². The van der Waals surface area contributed by atoms with Gasteiger partial charge in [0.05, 0.1) is 0 Å². The Morgan fingerprint density at radius 1 is 0.178 bits per heavy atom. The van der Waals surface area contributed by atoms with E-state index in [9.17, 15) is 0 Å². The molecule has 0 bridgehead atoms. The van der Waals surface area contributed by atoms with E-state index in [2.05, 4.69) is 324 Å². The van der Waals surface area contributed by atoms with Crippen molar-refractivity contribution in [1.29, 1.82) is 0 Å². The fraction of sp³-hybridized carbons (Fsp3) is 0.0769. The molecule has 0 fully saturated rings. The van der Waals surface area contributed by atoms with Crippen molar-refractivity contribution in [2.24, 2.45) is 55.8 Å². The summed E-state index contributed by atoms with van der Waals surface area (Å²) >= 11 is 0. The molecule has 0 aliphatic carbocycles. The van der Waals surface area contributed by atoms with Crippen LogP contribution in [0.2, 0.25) is 0 Å². The largest absolute Gasteiger partial charge is 0.344 e. The maximum absolute atomic E-state index is 7.06. The van der Waals surface area contributed by atoms with Crippen molar-refractivity contribution in [3.05, 3.63) is 255 Å². The van der Waals surface area contributed by atoms with Gasteiger partial charge in [-0.25, -0.2) is 13.5 Å². The Morgan fingerprint density at radius 3 is 0.489 bits per heavy atom. The van der Waals surface area contributed by atoms with Crippen LogP contribution in [0.15, 0.2) is 268 Å². The molecule has 6 aromatic heterocycles. The fourth-order valence-corrected chi connectivity index (χ4v) is 31.1. The Kier molecular flexibility index (Phi) is 10.8. The first-order valence-electron chi connectivity index (χ1n) is 30.8. The Bertz CT molecular complexity index is 5430. The van der Waals surface area contributed by atoms with Crippen LogP contribution in [0.1, 0.15) is 0 Å². The number of hydrogen-bond donors (Lipinski definition) is 0. The highest BCUT2D eigenvalue weighted by molar-refractivity contribution is 8.00. The summed E-state index contributed by atoms with van der Waals surface area (Å²) in [4.78, 5) is 0. The van der Waals surface area contributed by atoms with Gasteiger partial charge in [0, 0.05) is 205 Å². The molecule has 0 spiro atoms. The van der Waals surface area contributed by atoms with Crippen molar-refractivity contribution in [3.8, 4) is 0 Å². The van der Waals surface area contributed by atoms with Gasteiger partial charge in [-0.05, 0) is 146 Å². The van der Waals surface area contributed by atoms with Crippen LogP contribution in [0.3, 0.4) is 0 Å². The van der Waals surface area contributed by atoms with E-state index in [1.54, 1.807) is 0 Å². The number of para-hydroxylation sites is 6. The molecule has 0 saturated carbocycles. The van der Waals surface area contributed by atoms with Gasteiger partial charge in [0.15, 0.2) is 0 Å². The minimum absolute atomic E-state index is 1.10. The van der Waals surface area contributed by atoms with Gasteiger partial charge < -0.3 is 27.4 Å². The lowest BCUT2D eigenvalue weighted by atomic mass is 10.1. The molecule has 0 saturated heterocycles. The molecule has 0 N–H and O–H groups in total. The maximum atomic E-state index is 7.06. The third kappa shape index (κ3) is 6.87. The van der Waals surface area contributed by atoms with Gasteiger partial charge in [0.2, 0.25) is 0 Å². The Labute approximate surface area is 519 Å². The first-order chi connectivity index (χ1) is 44.0. The van der Waals surface area contributed by atoms with Crippen LogP contribution in [0.25, 0.3) is 131 Å². The van der Waals surface area contributed by atoms with Gasteiger partial charge in [0.25, 0.3) is 0 Å². The number of aryl methyl sites for hydroxylation is 6. The van der Waals surface area contributed by atoms with E-state index in [0.717, 1.165) is 64.9 Å². The normalized spacial score (nSPS) is 14.9. The lowest BCUT2D eigenvalue weighted by molar-refractivity contribution is 1.01. The number of aromatic nitrogens is 6. The molecule has 19 rings (SSSR count). The fourth-order valence-electron chi connectivity index (χ4n) is 15.8. The zero-order valence-corrected chi connectivity index (χ0v) is 53.3. The third-order valence-corrected chi connectivity index (χ3v) is 32.5. The first kappa shape index (κ1) is 52.1. The molecule has 90 heavy (non-hydrogen) atoms. The van der Waals surface area contributed by atoms with Crippen molar-refractivity contribution < 1.29 is 0 Å². The van der Waals surface area contributed by atoms with Gasteiger partial charge in [-0.2, -0.15) is 0 Å². The molecule has 0 amide bonds. The second-order valence-electron chi connectivity index (χ2n) is 24.7. The summed E-state index contributed by atoms with van der Waals surface area (Å²) in [6.07, 6.45) is 0. The van der Waals surface area contributed by atoms with Gasteiger partial charge in [-0.3, -0.25) is 0 Å². The number of benzene rings is 12. The van der Waals surface area contributed by atoms with Crippen molar-refractivity contribution in [3.63, 3.8) is 0 Å². The van der Waals surface area contributed by atoms with Crippen LogP contribution in [0, 0.1) is 0 Å². The molecule has 7 heterocycles. The van der Waals surface area contributed by atoms with E-state index in [4.69, 9.17) is 13.5 Å². The number of hydrogen-bond acceptors (Lipinski definition) is 3. The quantitative estimate of drug-likeness (QED) is 0.149. The van der Waals surface area contributed by atoms with E-state index < -0.39 is 21.6 Å². The lowest BCUT2D eigenvalue weighted by Crippen LogP contribution is -2.25. The zero-order valence-electron chi connectivity index (χ0n) is 50.6. The number of nitrogens with zero attached hydrogens (tertiary/aromatic N) is 9. The summed E-state index contributed by atoms with van der Waals surface area (Å²) in [6.45, 7) is 0. The van der Waals surface area contributed by atoms with Crippen LogP contribution < -0.4 is 31.8 Å². The second-order valence-corrected chi connectivity index (χ2v) is 33.6. The SMILES string of the molecule is Cn1c2ccccc2c2cc(P3(c4ccc5c(c4)c4ccccc4n5C)=NP(c4ccc5c(c4)c4ccccc4n5C)(c4ccc5c(c4)c4ccccc4n5C)=NP(c4ccc5c(c4)c4ccccc4n5C)(c4ccc5c(c4)c4ccccc4n5C)=N3)ccc21. The van der Waals surface area contributed by atoms with E-state index in [1.807, 2.05) is 0 Å². The minimum Gasteiger partial charge on any atom is -0.344 e. The molecule has 9 nitrogen and oxygen atoms in total. The van der Waals surface area contributed by atoms with Crippen LogP contribution >= 0.6 is 21.6 Å². The highest BCUT2D eigenvalue weighted by Gasteiger charge is 2.44. The van der Waals surface area contributed by atoms with Gasteiger partial charge in [0.1, 0.15) is 21.6 Å². The summed E-state index contributed by atoms with van der Waals surface area (Å²) < 4.78 is 35.3. The number of rotatable bonds is 6. The van der Waals surface area contributed by atoms with Crippen LogP contribution in [-0.2, 0) is 42.3 Å². The van der Waals surface area contributed by atoms with E-state index in [1.165, 1.54) is 97.7 Å². The topological polar surface area (TPSA) is 66.7 Å². The number of fused-ring (bicyclic) bond motifs is 18. The summed E-state index contributed by atoms with van der Waals surface area (Å²) in [5.41, 5.74) is 14.1. The first-order valence-corrected chi connectivity index (χ1v) is 35.9. The summed E-state index contributed by atoms with van der Waals surface area (Å²) in [7, 11) is 2.56. The molecule has 1 aliphatic heterocycles. The molecule has 18 aromatic rings. The summed E-state index contributed by atoms with van der Waals surface area (Å²) in [6, 6.07) is 96.6. The van der Waals surface area contributed by atoms with Crippen molar-refractivity contribution in [1.82, 2.24) is 27.4 Å². The monoisotopic (exact) mass is 1220 g/mol. The van der Waals surface area contributed by atoms with Crippen LogP contribution in [-0.4, -0.2) is 27.4 Å². The molecule has 12 heteroatoms. The maximum Gasteiger partial charge on any atom is 0.138 e.